The van der Waals surface area contributed by atoms with Gasteiger partial charge in [0, 0.05) is 23.8 Å². The van der Waals surface area contributed by atoms with Crippen molar-refractivity contribution < 1.29 is 0 Å². The lowest BCUT2D eigenvalue weighted by Gasteiger charge is -2.49. The van der Waals surface area contributed by atoms with Crippen molar-refractivity contribution in [2.75, 3.05) is 28.2 Å². The molecule has 186 valence electrons. The summed E-state index contributed by atoms with van der Waals surface area (Å²) in [6.45, 7) is 7.09. The highest BCUT2D eigenvalue weighted by Crippen LogP contribution is 2.51. The Morgan fingerprint density at radius 3 is 1.97 bits per heavy atom. The Morgan fingerprint density at radius 2 is 1.41 bits per heavy atom. The van der Waals surface area contributed by atoms with E-state index in [9.17, 15) is 0 Å². The molecule has 0 saturated heterocycles. The second-order valence-corrected chi connectivity index (χ2v) is 12.5. The van der Waals surface area contributed by atoms with Gasteiger partial charge in [-0.3, -0.25) is 0 Å². The largest absolute Gasteiger partial charge is 0.386 e. The van der Waals surface area contributed by atoms with Crippen LogP contribution in [0, 0.1) is 17.3 Å². The minimum atomic E-state index is 0.542. The fourth-order valence-corrected chi connectivity index (χ4v) is 7.47. The van der Waals surface area contributed by atoms with Crippen LogP contribution in [-0.2, 0) is 0 Å². The number of rotatable bonds is 10. The normalized spacial score (nSPS) is 33.4. The first-order valence-electron chi connectivity index (χ1n) is 14.1. The third-order valence-electron chi connectivity index (χ3n) is 9.77. The standard InChI is InChI=1S/C29H55N3/c1-23(30-25-12-8-7-9-13-25)11-10-14-28(24-15-17-26(18-16-24)31(3)4)29(2)21-19-27(20-22-29)32(5)6/h24-28,30H,1,7-22H2,2-6H3. The van der Waals surface area contributed by atoms with Crippen LogP contribution in [0.4, 0.5) is 0 Å². The second kappa shape index (κ2) is 12.2. The van der Waals surface area contributed by atoms with E-state index in [0.29, 0.717) is 11.5 Å². The molecule has 3 aliphatic carbocycles. The molecule has 0 aliphatic heterocycles. The first kappa shape index (κ1) is 26.1. The summed E-state index contributed by atoms with van der Waals surface area (Å²) in [6, 6.07) is 2.31. The van der Waals surface area contributed by atoms with Crippen LogP contribution in [-0.4, -0.2) is 56.1 Å². The van der Waals surface area contributed by atoms with Crippen molar-refractivity contribution in [1.29, 1.82) is 0 Å². The molecule has 3 aliphatic rings. The third kappa shape index (κ3) is 7.23. The maximum atomic E-state index is 4.42. The topological polar surface area (TPSA) is 18.5 Å². The average molecular weight is 446 g/mol. The summed E-state index contributed by atoms with van der Waals surface area (Å²) in [4.78, 5) is 4.94. The zero-order chi connectivity index (χ0) is 23.1. The molecular formula is C29H55N3. The highest BCUT2D eigenvalue weighted by atomic mass is 15.1. The number of nitrogens with one attached hydrogen (secondary N) is 1. The van der Waals surface area contributed by atoms with Gasteiger partial charge >= 0.3 is 0 Å². The third-order valence-corrected chi connectivity index (χ3v) is 9.77. The summed E-state index contributed by atoms with van der Waals surface area (Å²) in [5.41, 5.74) is 1.86. The van der Waals surface area contributed by atoms with Crippen molar-refractivity contribution in [2.45, 2.75) is 128 Å². The summed E-state index contributed by atoms with van der Waals surface area (Å²) < 4.78 is 0. The molecule has 0 amide bonds. The Kier molecular flexibility index (Phi) is 9.98. The molecule has 32 heavy (non-hydrogen) atoms. The van der Waals surface area contributed by atoms with Gasteiger partial charge in [0.15, 0.2) is 0 Å². The lowest BCUT2D eigenvalue weighted by atomic mass is 9.58. The van der Waals surface area contributed by atoms with Crippen LogP contribution in [0.3, 0.4) is 0 Å². The predicted octanol–water partition coefficient (Wildman–Crippen LogP) is 6.84. The van der Waals surface area contributed by atoms with Gasteiger partial charge in [-0.2, -0.15) is 0 Å². The summed E-state index contributed by atoms with van der Waals surface area (Å²) >= 11 is 0. The molecule has 1 atom stereocenters. The van der Waals surface area contributed by atoms with Crippen molar-refractivity contribution in [1.82, 2.24) is 15.1 Å². The lowest BCUT2D eigenvalue weighted by Crippen LogP contribution is -2.43. The highest BCUT2D eigenvalue weighted by molar-refractivity contribution is 4.97. The van der Waals surface area contributed by atoms with Gasteiger partial charge in [-0.05, 0) is 129 Å². The van der Waals surface area contributed by atoms with E-state index in [4.69, 9.17) is 0 Å². The molecule has 3 rings (SSSR count). The molecule has 3 saturated carbocycles. The fourth-order valence-electron chi connectivity index (χ4n) is 7.47. The van der Waals surface area contributed by atoms with Gasteiger partial charge < -0.3 is 15.1 Å². The Bertz CT molecular complexity index is 547. The number of allylic oxidation sites excluding steroid dienone is 1. The number of hydrogen-bond acceptors (Lipinski definition) is 3. The minimum Gasteiger partial charge on any atom is -0.386 e. The first-order chi connectivity index (χ1) is 15.3. The van der Waals surface area contributed by atoms with Crippen LogP contribution in [0.15, 0.2) is 12.3 Å². The molecule has 3 nitrogen and oxygen atoms in total. The average Bonchev–Trinajstić information content (AvgIpc) is 2.77. The van der Waals surface area contributed by atoms with Crippen molar-refractivity contribution in [3.05, 3.63) is 12.3 Å². The first-order valence-corrected chi connectivity index (χ1v) is 14.1. The molecule has 1 unspecified atom stereocenters. The maximum Gasteiger partial charge on any atom is 0.0258 e. The van der Waals surface area contributed by atoms with E-state index in [2.05, 4.69) is 56.8 Å². The molecule has 0 aromatic carbocycles. The zero-order valence-corrected chi connectivity index (χ0v) is 22.3. The SMILES string of the molecule is C=C(CCCC(C1CCC(N(C)C)CC1)C1(C)CCC(N(C)C)CC1)NC1CCCCC1. The number of nitrogens with zero attached hydrogens (tertiary/aromatic N) is 2. The van der Waals surface area contributed by atoms with Crippen LogP contribution in [0.2, 0.25) is 0 Å². The minimum absolute atomic E-state index is 0.542. The highest BCUT2D eigenvalue weighted by Gasteiger charge is 2.42. The predicted molar refractivity (Wildman–Crippen MR) is 140 cm³/mol. The Labute approximate surface area is 200 Å². The van der Waals surface area contributed by atoms with E-state index in [-0.39, 0.29) is 0 Å². The molecule has 0 radical (unpaired) electrons. The summed E-state index contributed by atoms with van der Waals surface area (Å²) in [7, 11) is 9.10. The molecule has 0 spiro atoms. The molecule has 0 aromatic heterocycles. The van der Waals surface area contributed by atoms with Crippen molar-refractivity contribution in [3.63, 3.8) is 0 Å². The van der Waals surface area contributed by atoms with Crippen molar-refractivity contribution in [3.8, 4) is 0 Å². The Balaban J connectivity index is 1.56. The Hall–Kier alpha value is -0.540. The zero-order valence-electron chi connectivity index (χ0n) is 22.3. The maximum absolute atomic E-state index is 4.42. The van der Waals surface area contributed by atoms with Crippen LogP contribution >= 0.6 is 0 Å². The van der Waals surface area contributed by atoms with Crippen LogP contribution in [0.1, 0.15) is 110 Å². The molecule has 3 fully saturated rings. The van der Waals surface area contributed by atoms with E-state index in [1.54, 1.807) is 0 Å². The molecular weight excluding hydrogens is 390 g/mol. The second-order valence-electron chi connectivity index (χ2n) is 12.5. The van der Waals surface area contributed by atoms with E-state index in [0.717, 1.165) is 23.9 Å². The van der Waals surface area contributed by atoms with Crippen LogP contribution in [0.5, 0.6) is 0 Å². The lowest BCUT2D eigenvalue weighted by molar-refractivity contribution is 0.0167. The summed E-state index contributed by atoms with van der Waals surface area (Å²) in [5, 5.41) is 3.79. The van der Waals surface area contributed by atoms with Crippen LogP contribution < -0.4 is 5.32 Å². The van der Waals surface area contributed by atoms with Gasteiger partial charge in [-0.1, -0.05) is 32.8 Å². The summed E-state index contributed by atoms with van der Waals surface area (Å²) in [6.07, 6.45) is 22.2. The van der Waals surface area contributed by atoms with E-state index in [1.165, 1.54) is 108 Å². The van der Waals surface area contributed by atoms with Gasteiger partial charge in [-0.15, -0.1) is 0 Å². The smallest absolute Gasteiger partial charge is 0.0258 e. The number of hydrogen-bond donors (Lipinski definition) is 1. The van der Waals surface area contributed by atoms with E-state index in [1.807, 2.05) is 0 Å². The molecule has 0 heterocycles. The fraction of sp³-hybridized carbons (Fsp3) is 0.931. The van der Waals surface area contributed by atoms with Gasteiger partial charge in [0.05, 0.1) is 0 Å². The van der Waals surface area contributed by atoms with Crippen molar-refractivity contribution in [2.24, 2.45) is 17.3 Å². The van der Waals surface area contributed by atoms with Crippen molar-refractivity contribution >= 4 is 0 Å². The van der Waals surface area contributed by atoms with Crippen LogP contribution in [0.25, 0.3) is 0 Å². The molecule has 1 N–H and O–H groups in total. The molecule has 3 heteroatoms. The Morgan fingerprint density at radius 1 is 0.844 bits per heavy atom. The molecule has 0 bridgehead atoms. The molecule has 0 aromatic rings. The van der Waals surface area contributed by atoms with Gasteiger partial charge in [0.1, 0.15) is 0 Å². The van der Waals surface area contributed by atoms with E-state index >= 15 is 0 Å². The summed E-state index contributed by atoms with van der Waals surface area (Å²) in [5.74, 6) is 1.84. The van der Waals surface area contributed by atoms with Gasteiger partial charge in [0.2, 0.25) is 0 Å². The van der Waals surface area contributed by atoms with E-state index < -0.39 is 0 Å². The van der Waals surface area contributed by atoms with Gasteiger partial charge in [0.25, 0.3) is 0 Å². The van der Waals surface area contributed by atoms with Gasteiger partial charge in [-0.25, -0.2) is 0 Å². The quantitative estimate of drug-likeness (QED) is 0.397. The monoisotopic (exact) mass is 445 g/mol.